The van der Waals surface area contributed by atoms with Crippen LogP contribution in [0, 0.1) is 0 Å². The van der Waals surface area contributed by atoms with E-state index in [-0.39, 0.29) is 17.9 Å². The van der Waals surface area contributed by atoms with Gasteiger partial charge in [-0.25, -0.2) is 0 Å². The van der Waals surface area contributed by atoms with Crippen LogP contribution in [0.4, 0.5) is 0 Å². The summed E-state index contributed by atoms with van der Waals surface area (Å²) in [6.45, 7) is 0.589. The highest BCUT2D eigenvalue weighted by Gasteiger charge is 2.31. The number of ether oxygens (including phenoxy) is 1. The molecule has 0 aromatic heterocycles. The van der Waals surface area contributed by atoms with Crippen molar-refractivity contribution < 1.29 is 14.4 Å². The summed E-state index contributed by atoms with van der Waals surface area (Å²) in [7, 11) is 1.40. The standard InChI is InChI=1S/C12H15NO3/c1-15-12(14)7-11-10(8-16-13-11)9-5-3-2-4-6-9/h2-6,10-11,13H,7-8H2,1H3/t10-,11-/m1/s1. The molecule has 1 aromatic rings. The van der Waals surface area contributed by atoms with Crippen molar-refractivity contribution in [3.05, 3.63) is 35.9 Å². The number of hydrogen-bond donors (Lipinski definition) is 1. The molecular weight excluding hydrogens is 206 g/mol. The first-order valence-electron chi connectivity index (χ1n) is 5.30. The molecule has 86 valence electrons. The van der Waals surface area contributed by atoms with Crippen molar-refractivity contribution in [3.8, 4) is 0 Å². The molecule has 0 unspecified atom stereocenters. The van der Waals surface area contributed by atoms with Crippen LogP contribution in [0.15, 0.2) is 30.3 Å². The Bertz CT molecular complexity index is 353. The van der Waals surface area contributed by atoms with Gasteiger partial charge in [-0.15, -0.1) is 0 Å². The van der Waals surface area contributed by atoms with Crippen LogP contribution in [0.2, 0.25) is 0 Å². The van der Waals surface area contributed by atoms with Crippen molar-refractivity contribution in [2.24, 2.45) is 0 Å². The predicted molar refractivity (Wildman–Crippen MR) is 58.7 cm³/mol. The third kappa shape index (κ3) is 2.40. The highest BCUT2D eigenvalue weighted by atomic mass is 16.7. The zero-order chi connectivity index (χ0) is 11.4. The molecule has 16 heavy (non-hydrogen) atoms. The summed E-state index contributed by atoms with van der Waals surface area (Å²) in [6.07, 6.45) is 0.329. The molecule has 1 saturated heterocycles. The van der Waals surface area contributed by atoms with Gasteiger partial charge >= 0.3 is 5.97 Å². The summed E-state index contributed by atoms with van der Waals surface area (Å²) >= 11 is 0. The van der Waals surface area contributed by atoms with Crippen LogP contribution in [0.25, 0.3) is 0 Å². The molecule has 0 radical (unpaired) electrons. The highest BCUT2D eigenvalue weighted by Crippen LogP contribution is 2.26. The Hall–Kier alpha value is -1.39. The summed E-state index contributed by atoms with van der Waals surface area (Å²) in [5.41, 5.74) is 4.05. The van der Waals surface area contributed by atoms with E-state index in [1.54, 1.807) is 0 Å². The summed E-state index contributed by atoms with van der Waals surface area (Å²) in [5.74, 6) is -0.00997. The van der Waals surface area contributed by atoms with Gasteiger partial charge in [0.15, 0.2) is 0 Å². The van der Waals surface area contributed by atoms with Gasteiger partial charge < -0.3 is 9.57 Å². The Morgan fingerprint density at radius 2 is 2.25 bits per heavy atom. The molecule has 0 saturated carbocycles. The number of methoxy groups -OCH3 is 1. The molecule has 1 fully saturated rings. The van der Waals surface area contributed by atoms with Crippen molar-refractivity contribution in [1.82, 2.24) is 5.48 Å². The largest absolute Gasteiger partial charge is 0.469 e. The van der Waals surface area contributed by atoms with E-state index in [1.807, 2.05) is 30.3 Å². The average molecular weight is 221 g/mol. The van der Waals surface area contributed by atoms with Gasteiger partial charge in [0.2, 0.25) is 0 Å². The maximum absolute atomic E-state index is 11.2. The van der Waals surface area contributed by atoms with Crippen LogP contribution in [0.5, 0.6) is 0 Å². The number of hydrogen-bond acceptors (Lipinski definition) is 4. The van der Waals surface area contributed by atoms with Crippen LogP contribution < -0.4 is 5.48 Å². The van der Waals surface area contributed by atoms with Gasteiger partial charge in [0.25, 0.3) is 0 Å². The lowest BCUT2D eigenvalue weighted by Gasteiger charge is -2.16. The number of hydroxylamine groups is 1. The Labute approximate surface area is 94.5 Å². The number of benzene rings is 1. The van der Waals surface area contributed by atoms with Crippen molar-refractivity contribution >= 4 is 5.97 Å². The Balaban J connectivity index is 2.06. The number of carbonyl (C=O) groups excluding carboxylic acids is 1. The second kappa shape index (κ2) is 5.09. The molecule has 1 aromatic carbocycles. The van der Waals surface area contributed by atoms with Crippen LogP contribution in [0.1, 0.15) is 17.9 Å². The monoisotopic (exact) mass is 221 g/mol. The number of esters is 1. The lowest BCUT2D eigenvalue weighted by molar-refractivity contribution is -0.141. The maximum Gasteiger partial charge on any atom is 0.307 e. The fourth-order valence-corrected chi connectivity index (χ4v) is 1.92. The summed E-state index contributed by atoms with van der Waals surface area (Å²) < 4.78 is 4.66. The maximum atomic E-state index is 11.2. The number of rotatable bonds is 3. The molecule has 0 spiro atoms. The normalized spacial score (nSPS) is 24.3. The predicted octanol–water partition coefficient (Wildman–Crippen LogP) is 1.24. The van der Waals surface area contributed by atoms with Gasteiger partial charge in [-0.1, -0.05) is 30.3 Å². The van der Waals surface area contributed by atoms with Gasteiger partial charge in [-0.05, 0) is 5.56 Å². The van der Waals surface area contributed by atoms with Gasteiger partial charge in [-0.3, -0.25) is 4.79 Å². The number of carbonyl (C=O) groups is 1. The lowest BCUT2D eigenvalue weighted by atomic mass is 9.92. The minimum absolute atomic E-state index is 0.00477. The summed E-state index contributed by atoms with van der Waals surface area (Å²) in [6, 6.07) is 10.0. The van der Waals surface area contributed by atoms with E-state index in [1.165, 1.54) is 12.7 Å². The van der Waals surface area contributed by atoms with E-state index >= 15 is 0 Å². The molecule has 2 atom stereocenters. The minimum Gasteiger partial charge on any atom is -0.469 e. The molecule has 4 heteroatoms. The van der Waals surface area contributed by atoms with Crippen molar-refractivity contribution in [2.75, 3.05) is 13.7 Å². The van der Waals surface area contributed by atoms with Crippen molar-refractivity contribution in [2.45, 2.75) is 18.4 Å². The molecular formula is C12H15NO3. The second-order valence-electron chi connectivity index (χ2n) is 3.83. The Morgan fingerprint density at radius 1 is 1.50 bits per heavy atom. The van der Waals surface area contributed by atoms with Gasteiger partial charge in [0, 0.05) is 5.92 Å². The van der Waals surface area contributed by atoms with E-state index in [0.717, 1.165) is 0 Å². The summed E-state index contributed by atoms with van der Waals surface area (Å²) in [5, 5.41) is 0. The van der Waals surface area contributed by atoms with E-state index in [0.29, 0.717) is 13.0 Å². The smallest absolute Gasteiger partial charge is 0.307 e. The molecule has 1 aliphatic heterocycles. The zero-order valence-electron chi connectivity index (χ0n) is 9.18. The number of nitrogens with one attached hydrogen (secondary N) is 1. The van der Waals surface area contributed by atoms with Crippen molar-refractivity contribution in [3.63, 3.8) is 0 Å². The van der Waals surface area contributed by atoms with E-state index in [9.17, 15) is 4.79 Å². The molecule has 1 aliphatic rings. The fraction of sp³-hybridized carbons (Fsp3) is 0.417. The lowest BCUT2D eigenvalue weighted by Crippen LogP contribution is -2.28. The third-order valence-electron chi connectivity index (χ3n) is 2.83. The zero-order valence-corrected chi connectivity index (χ0v) is 9.18. The summed E-state index contributed by atoms with van der Waals surface area (Å²) in [4.78, 5) is 16.4. The Morgan fingerprint density at radius 3 is 2.94 bits per heavy atom. The van der Waals surface area contributed by atoms with Crippen LogP contribution in [-0.2, 0) is 14.4 Å². The van der Waals surface area contributed by atoms with Crippen LogP contribution >= 0.6 is 0 Å². The first kappa shape index (κ1) is 11.1. The van der Waals surface area contributed by atoms with Gasteiger partial charge in [0.1, 0.15) is 0 Å². The van der Waals surface area contributed by atoms with E-state index in [4.69, 9.17) is 4.84 Å². The van der Waals surface area contributed by atoms with Crippen LogP contribution in [0.3, 0.4) is 0 Å². The van der Waals surface area contributed by atoms with Crippen LogP contribution in [-0.4, -0.2) is 25.7 Å². The molecule has 1 N–H and O–H groups in total. The molecule has 4 nitrogen and oxygen atoms in total. The first-order chi connectivity index (χ1) is 7.81. The molecule has 0 amide bonds. The molecule has 0 bridgehead atoms. The molecule has 0 aliphatic carbocycles. The Kier molecular flexibility index (Phi) is 3.54. The minimum atomic E-state index is -0.219. The fourth-order valence-electron chi connectivity index (χ4n) is 1.92. The first-order valence-corrected chi connectivity index (χ1v) is 5.30. The average Bonchev–Trinajstić information content (AvgIpc) is 2.78. The quantitative estimate of drug-likeness (QED) is 0.780. The SMILES string of the molecule is COC(=O)C[C@H]1NOC[C@@H]1c1ccccc1. The van der Waals surface area contributed by atoms with Gasteiger partial charge in [0.05, 0.1) is 26.2 Å². The van der Waals surface area contributed by atoms with E-state index in [2.05, 4.69) is 10.2 Å². The molecule has 2 rings (SSSR count). The second-order valence-corrected chi connectivity index (χ2v) is 3.83. The van der Waals surface area contributed by atoms with Gasteiger partial charge in [-0.2, -0.15) is 5.48 Å². The van der Waals surface area contributed by atoms with E-state index < -0.39 is 0 Å². The topological polar surface area (TPSA) is 47.6 Å². The molecule has 1 heterocycles. The van der Waals surface area contributed by atoms with Crippen molar-refractivity contribution in [1.29, 1.82) is 0 Å². The third-order valence-corrected chi connectivity index (χ3v) is 2.83. The highest BCUT2D eigenvalue weighted by molar-refractivity contribution is 5.70.